The van der Waals surface area contributed by atoms with E-state index in [9.17, 15) is 9.50 Å². The highest BCUT2D eigenvalue weighted by Gasteiger charge is 2.14. The lowest BCUT2D eigenvalue weighted by Crippen LogP contribution is -2.03. The van der Waals surface area contributed by atoms with Gasteiger partial charge in [-0.25, -0.2) is 4.39 Å². The van der Waals surface area contributed by atoms with Crippen molar-refractivity contribution in [3.63, 3.8) is 0 Å². The van der Waals surface area contributed by atoms with Crippen molar-refractivity contribution in [2.45, 2.75) is 20.0 Å². The first kappa shape index (κ1) is 13.2. The van der Waals surface area contributed by atoms with Crippen LogP contribution in [0.1, 0.15) is 28.4 Å². The Kier molecular flexibility index (Phi) is 3.83. The van der Waals surface area contributed by atoms with Crippen LogP contribution in [0.15, 0.2) is 40.9 Å². The van der Waals surface area contributed by atoms with Gasteiger partial charge in [-0.3, -0.25) is 0 Å². The molecule has 94 valence electrons. The van der Waals surface area contributed by atoms with Crippen LogP contribution in [0.3, 0.4) is 0 Å². The van der Waals surface area contributed by atoms with E-state index in [2.05, 4.69) is 15.9 Å². The van der Waals surface area contributed by atoms with Crippen LogP contribution in [0.5, 0.6) is 0 Å². The number of hydrogen-bond acceptors (Lipinski definition) is 1. The van der Waals surface area contributed by atoms with Gasteiger partial charge in [-0.15, -0.1) is 0 Å². The predicted molar refractivity (Wildman–Crippen MR) is 74.1 cm³/mol. The van der Waals surface area contributed by atoms with Crippen molar-refractivity contribution >= 4 is 15.9 Å². The molecule has 1 atom stereocenters. The highest BCUT2D eigenvalue weighted by molar-refractivity contribution is 9.10. The summed E-state index contributed by atoms with van der Waals surface area (Å²) >= 11 is 3.13. The van der Waals surface area contributed by atoms with Crippen LogP contribution in [-0.2, 0) is 0 Å². The van der Waals surface area contributed by atoms with Crippen molar-refractivity contribution in [3.8, 4) is 0 Å². The predicted octanol–water partition coefficient (Wildman–Crippen LogP) is 4.29. The van der Waals surface area contributed by atoms with Crippen LogP contribution in [0.4, 0.5) is 4.39 Å². The van der Waals surface area contributed by atoms with Crippen LogP contribution < -0.4 is 0 Å². The molecule has 0 saturated heterocycles. The van der Waals surface area contributed by atoms with E-state index in [1.54, 1.807) is 12.1 Å². The molecule has 0 bridgehead atoms. The molecule has 0 amide bonds. The van der Waals surface area contributed by atoms with Gasteiger partial charge in [0.25, 0.3) is 0 Å². The van der Waals surface area contributed by atoms with E-state index < -0.39 is 6.10 Å². The summed E-state index contributed by atoms with van der Waals surface area (Å²) in [5, 5.41) is 10.4. The number of aryl methyl sites for hydroxylation is 2. The van der Waals surface area contributed by atoms with E-state index >= 15 is 0 Å². The maximum atomic E-state index is 13.2. The number of hydrogen-bond donors (Lipinski definition) is 1. The smallest absolute Gasteiger partial charge is 0.137 e. The third kappa shape index (κ3) is 2.62. The van der Waals surface area contributed by atoms with Gasteiger partial charge in [0.05, 0.1) is 4.47 Å². The van der Waals surface area contributed by atoms with Gasteiger partial charge < -0.3 is 5.11 Å². The average molecular weight is 309 g/mol. The van der Waals surface area contributed by atoms with E-state index in [1.165, 1.54) is 6.07 Å². The third-order valence-electron chi connectivity index (χ3n) is 2.99. The fourth-order valence-electron chi connectivity index (χ4n) is 1.92. The Labute approximate surface area is 114 Å². The maximum absolute atomic E-state index is 13.2. The molecule has 1 N–H and O–H groups in total. The first-order valence-electron chi connectivity index (χ1n) is 5.69. The summed E-state index contributed by atoms with van der Waals surface area (Å²) in [6, 6.07) is 10.5. The summed E-state index contributed by atoms with van der Waals surface area (Å²) in [7, 11) is 0. The molecule has 0 aliphatic heterocycles. The van der Waals surface area contributed by atoms with E-state index in [0.29, 0.717) is 10.0 Å². The van der Waals surface area contributed by atoms with Gasteiger partial charge in [-0.2, -0.15) is 0 Å². The third-order valence-corrected chi connectivity index (χ3v) is 3.60. The number of aliphatic hydroxyl groups excluding tert-OH is 1. The molecule has 0 aromatic heterocycles. The lowest BCUT2D eigenvalue weighted by molar-refractivity contribution is 0.219. The quantitative estimate of drug-likeness (QED) is 0.877. The van der Waals surface area contributed by atoms with Crippen LogP contribution in [0.2, 0.25) is 0 Å². The summed E-state index contributed by atoms with van der Waals surface area (Å²) in [4.78, 5) is 0. The summed E-state index contributed by atoms with van der Waals surface area (Å²) in [6.45, 7) is 3.94. The van der Waals surface area contributed by atoms with Crippen LogP contribution in [-0.4, -0.2) is 5.11 Å². The van der Waals surface area contributed by atoms with Gasteiger partial charge in [0.1, 0.15) is 11.9 Å². The van der Waals surface area contributed by atoms with E-state index in [-0.39, 0.29) is 5.82 Å². The highest BCUT2D eigenvalue weighted by atomic mass is 79.9. The van der Waals surface area contributed by atoms with Crippen molar-refractivity contribution in [2.75, 3.05) is 0 Å². The Bertz CT molecular complexity index is 581. The second-order valence-electron chi connectivity index (χ2n) is 4.44. The zero-order valence-corrected chi connectivity index (χ0v) is 11.8. The summed E-state index contributed by atoms with van der Waals surface area (Å²) in [5.41, 5.74) is 3.65. The molecule has 0 aliphatic carbocycles. The molecule has 3 heteroatoms. The second-order valence-corrected chi connectivity index (χ2v) is 5.29. The number of halogens is 2. The van der Waals surface area contributed by atoms with Crippen molar-refractivity contribution in [1.29, 1.82) is 0 Å². The Morgan fingerprint density at radius 3 is 2.50 bits per heavy atom. The molecule has 0 fully saturated rings. The van der Waals surface area contributed by atoms with Crippen molar-refractivity contribution < 1.29 is 9.50 Å². The molecule has 0 aliphatic rings. The fraction of sp³-hybridized carbons (Fsp3) is 0.200. The SMILES string of the molecule is Cc1ccc(C)c(C(O)c2ccc(F)c(Br)c2)c1. The van der Waals surface area contributed by atoms with E-state index in [4.69, 9.17) is 0 Å². The van der Waals surface area contributed by atoms with Gasteiger partial charge in [0.2, 0.25) is 0 Å². The zero-order valence-electron chi connectivity index (χ0n) is 10.2. The fourth-order valence-corrected chi connectivity index (χ4v) is 2.31. The molecule has 1 unspecified atom stereocenters. The van der Waals surface area contributed by atoms with Gasteiger partial charge in [-0.1, -0.05) is 29.8 Å². The minimum atomic E-state index is -0.734. The topological polar surface area (TPSA) is 20.2 Å². The van der Waals surface area contributed by atoms with Gasteiger partial charge >= 0.3 is 0 Å². The Hall–Kier alpha value is -1.19. The number of rotatable bonds is 2. The number of benzene rings is 2. The molecule has 18 heavy (non-hydrogen) atoms. The maximum Gasteiger partial charge on any atom is 0.137 e. The molecule has 0 heterocycles. The molecule has 0 saturated carbocycles. The Morgan fingerprint density at radius 2 is 1.83 bits per heavy atom. The average Bonchev–Trinajstić information content (AvgIpc) is 2.35. The summed E-state index contributed by atoms with van der Waals surface area (Å²) in [5.74, 6) is -0.327. The molecule has 2 aromatic rings. The zero-order chi connectivity index (χ0) is 13.3. The van der Waals surface area contributed by atoms with Crippen LogP contribution in [0, 0.1) is 19.7 Å². The van der Waals surface area contributed by atoms with E-state index in [0.717, 1.165) is 16.7 Å². The van der Waals surface area contributed by atoms with Crippen LogP contribution >= 0.6 is 15.9 Å². The second kappa shape index (κ2) is 5.21. The largest absolute Gasteiger partial charge is 0.384 e. The normalized spacial score (nSPS) is 12.5. The van der Waals surface area contributed by atoms with Crippen molar-refractivity contribution in [1.82, 2.24) is 0 Å². The summed E-state index contributed by atoms with van der Waals surface area (Å²) in [6.07, 6.45) is -0.734. The summed E-state index contributed by atoms with van der Waals surface area (Å²) < 4.78 is 13.5. The lowest BCUT2D eigenvalue weighted by Gasteiger charge is -2.15. The lowest BCUT2D eigenvalue weighted by atomic mass is 9.96. The van der Waals surface area contributed by atoms with Gasteiger partial charge in [0.15, 0.2) is 0 Å². The number of aliphatic hydroxyl groups is 1. The Balaban J connectivity index is 2.44. The van der Waals surface area contributed by atoms with Gasteiger partial charge in [-0.05, 0) is 58.6 Å². The van der Waals surface area contributed by atoms with Crippen molar-refractivity contribution in [3.05, 3.63) is 68.9 Å². The Morgan fingerprint density at radius 1 is 1.11 bits per heavy atom. The molecule has 2 aromatic carbocycles. The highest BCUT2D eigenvalue weighted by Crippen LogP contribution is 2.28. The first-order valence-corrected chi connectivity index (χ1v) is 6.48. The standard InChI is InChI=1S/C15H14BrFO/c1-9-3-4-10(2)12(7-9)15(18)11-5-6-14(17)13(16)8-11/h3-8,15,18H,1-2H3. The molecular formula is C15H14BrFO. The van der Waals surface area contributed by atoms with Gasteiger partial charge in [0, 0.05) is 0 Å². The van der Waals surface area contributed by atoms with E-state index in [1.807, 2.05) is 32.0 Å². The molecule has 1 nitrogen and oxygen atoms in total. The van der Waals surface area contributed by atoms with Crippen LogP contribution in [0.25, 0.3) is 0 Å². The molecule has 0 spiro atoms. The molecule has 0 radical (unpaired) electrons. The minimum absolute atomic E-state index is 0.327. The minimum Gasteiger partial charge on any atom is -0.384 e. The first-order chi connectivity index (χ1) is 8.49. The molecular weight excluding hydrogens is 295 g/mol. The van der Waals surface area contributed by atoms with Crippen molar-refractivity contribution in [2.24, 2.45) is 0 Å². The monoisotopic (exact) mass is 308 g/mol. The molecule has 2 rings (SSSR count).